The van der Waals surface area contributed by atoms with Gasteiger partial charge in [-0.3, -0.25) is 9.69 Å². The molecule has 5 heteroatoms. The molecule has 2 fully saturated rings. The fraction of sp³-hybridized carbons (Fsp3) is 0.933. The lowest BCUT2D eigenvalue weighted by atomic mass is 9.91. The summed E-state index contributed by atoms with van der Waals surface area (Å²) in [5.74, 6) is 0.531. The van der Waals surface area contributed by atoms with Gasteiger partial charge < -0.3 is 15.3 Å². The van der Waals surface area contributed by atoms with Crippen molar-refractivity contribution in [1.29, 1.82) is 0 Å². The second-order valence-electron chi connectivity index (χ2n) is 6.55. The largest absolute Gasteiger partial charge is 0.392 e. The number of piperidine rings is 1. The monoisotopic (exact) mass is 283 g/mol. The number of nitrogens with one attached hydrogen (secondary N) is 1. The van der Waals surface area contributed by atoms with Gasteiger partial charge in [0.1, 0.15) is 0 Å². The Labute approximate surface area is 122 Å². The van der Waals surface area contributed by atoms with Gasteiger partial charge in [0.25, 0.3) is 0 Å². The first-order valence-corrected chi connectivity index (χ1v) is 7.91. The number of nitrogens with zero attached hydrogens (tertiary/aromatic N) is 2. The third-order valence-electron chi connectivity index (χ3n) is 4.55. The molecule has 20 heavy (non-hydrogen) atoms. The van der Waals surface area contributed by atoms with Crippen molar-refractivity contribution in [2.75, 3.05) is 32.7 Å². The minimum Gasteiger partial charge on any atom is -0.392 e. The Morgan fingerprint density at radius 3 is 2.75 bits per heavy atom. The van der Waals surface area contributed by atoms with E-state index in [1.54, 1.807) is 0 Å². The van der Waals surface area contributed by atoms with Crippen molar-refractivity contribution in [3.63, 3.8) is 0 Å². The van der Waals surface area contributed by atoms with Crippen molar-refractivity contribution in [2.24, 2.45) is 5.92 Å². The molecular formula is C15H29N3O2. The second-order valence-corrected chi connectivity index (χ2v) is 6.55. The number of carbonyl (C=O) groups excluding carboxylic acids is 1. The molecule has 5 nitrogen and oxygen atoms in total. The highest BCUT2D eigenvalue weighted by molar-refractivity contribution is 5.79. The van der Waals surface area contributed by atoms with Crippen LogP contribution in [0.1, 0.15) is 33.6 Å². The summed E-state index contributed by atoms with van der Waals surface area (Å²) in [7, 11) is 0. The van der Waals surface area contributed by atoms with Gasteiger partial charge in [-0.15, -0.1) is 0 Å². The van der Waals surface area contributed by atoms with Gasteiger partial charge in [-0.2, -0.15) is 0 Å². The predicted octanol–water partition coefficient (Wildman–Crippen LogP) is 0.288. The molecule has 2 aliphatic rings. The first kappa shape index (κ1) is 15.7. The van der Waals surface area contributed by atoms with Crippen LogP contribution in [0.2, 0.25) is 0 Å². The Balaban J connectivity index is 1.86. The van der Waals surface area contributed by atoms with Crippen molar-refractivity contribution >= 4 is 5.91 Å². The maximum atomic E-state index is 12.6. The average Bonchev–Trinajstić information content (AvgIpc) is 2.40. The van der Waals surface area contributed by atoms with Crippen molar-refractivity contribution in [3.8, 4) is 0 Å². The number of hydrogen-bond acceptors (Lipinski definition) is 4. The third-order valence-corrected chi connectivity index (χ3v) is 4.55. The number of hydrogen-bond donors (Lipinski definition) is 2. The molecule has 0 aliphatic carbocycles. The zero-order chi connectivity index (χ0) is 14.7. The summed E-state index contributed by atoms with van der Waals surface area (Å²) in [5.41, 5.74) is 0. The summed E-state index contributed by atoms with van der Waals surface area (Å²) in [6.45, 7) is 10.2. The number of aliphatic hydroxyl groups excluding tert-OH is 1. The maximum Gasteiger partial charge on any atom is 0.225 e. The van der Waals surface area contributed by atoms with Crippen LogP contribution in [0, 0.1) is 5.92 Å². The zero-order valence-corrected chi connectivity index (χ0v) is 13.0. The second kappa shape index (κ2) is 6.87. The molecule has 4 atom stereocenters. The minimum atomic E-state index is -0.301. The van der Waals surface area contributed by atoms with Gasteiger partial charge in [0.05, 0.1) is 6.10 Å². The molecule has 2 saturated heterocycles. The topological polar surface area (TPSA) is 55.8 Å². The number of rotatable bonds is 3. The standard InChI is InChI=1S/C15H29N3O2/c1-11-8-14(4-5-16-11)15(20)18-7-6-17(10-13(3)19)12(2)9-18/h11-14,16,19H,4-10H2,1-3H3/t11-,12?,13?,14-/m0/s1. The van der Waals surface area contributed by atoms with Crippen LogP contribution in [-0.2, 0) is 4.79 Å². The average molecular weight is 283 g/mol. The van der Waals surface area contributed by atoms with E-state index in [0.717, 1.165) is 39.0 Å². The van der Waals surface area contributed by atoms with Crippen molar-refractivity contribution < 1.29 is 9.90 Å². The van der Waals surface area contributed by atoms with Crippen LogP contribution >= 0.6 is 0 Å². The fourth-order valence-electron chi connectivity index (χ4n) is 3.42. The molecule has 0 aromatic heterocycles. The Kier molecular flexibility index (Phi) is 5.41. The van der Waals surface area contributed by atoms with E-state index in [2.05, 4.69) is 24.1 Å². The van der Waals surface area contributed by atoms with Crippen LogP contribution in [-0.4, -0.2) is 71.7 Å². The Bertz CT molecular complexity index is 335. The molecule has 0 aromatic rings. The van der Waals surface area contributed by atoms with Gasteiger partial charge in [0, 0.05) is 44.2 Å². The molecule has 0 radical (unpaired) electrons. The third kappa shape index (κ3) is 3.93. The first-order valence-electron chi connectivity index (χ1n) is 7.91. The predicted molar refractivity (Wildman–Crippen MR) is 79.5 cm³/mol. The van der Waals surface area contributed by atoms with Crippen molar-refractivity contribution in [3.05, 3.63) is 0 Å². The van der Waals surface area contributed by atoms with Crippen LogP contribution < -0.4 is 5.32 Å². The molecule has 0 spiro atoms. The minimum absolute atomic E-state index is 0.196. The highest BCUT2D eigenvalue weighted by Crippen LogP contribution is 2.21. The lowest BCUT2D eigenvalue weighted by molar-refractivity contribution is -0.139. The van der Waals surface area contributed by atoms with E-state index >= 15 is 0 Å². The van der Waals surface area contributed by atoms with Crippen molar-refractivity contribution in [2.45, 2.75) is 51.8 Å². The molecular weight excluding hydrogens is 254 g/mol. The van der Waals surface area contributed by atoms with Crippen molar-refractivity contribution in [1.82, 2.24) is 15.1 Å². The molecule has 2 N–H and O–H groups in total. The summed E-state index contributed by atoms with van der Waals surface area (Å²) in [6.07, 6.45) is 1.62. The smallest absolute Gasteiger partial charge is 0.225 e. The van der Waals surface area contributed by atoms with Gasteiger partial charge in [0.15, 0.2) is 0 Å². The number of β-amino-alcohol motifs (C(OH)–C–C–N with tert-alkyl or cyclic N) is 1. The molecule has 0 bridgehead atoms. The van der Waals surface area contributed by atoms with Crippen LogP contribution in [0.4, 0.5) is 0 Å². The van der Waals surface area contributed by atoms with Gasteiger partial charge in [-0.25, -0.2) is 0 Å². The number of aliphatic hydroxyl groups is 1. The first-order chi connectivity index (χ1) is 9.47. The van der Waals surface area contributed by atoms with E-state index in [1.165, 1.54) is 0 Å². The molecule has 2 aliphatic heterocycles. The van der Waals surface area contributed by atoms with E-state index in [0.29, 0.717) is 24.5 Å². The Morgan fingerprint density at radius 2 is 2.15 bits per heavy atom. The highest BCUT2D eigenvalue weighted by Gasteiger charge is 2.32. The summed E-state index contributed by atoms with van der Waals surface area (Å²) >= 11 is 0. The molecule has 0 aromatic carbocycles. The van der Waals surface area contributed by atoms with Gasteiger partial charge in [-0.1, -0.05) is 0 Å². The van der Waals surface area contributed by atoms with E-state index in [4.69, 9.17) is 0 Å². The zero-order valence-electron chi connectivity index (χ0n) is 13.0. The molecule has 116 valence electrons. The van der Waals surface area contributed by atoms with Gasteiger partial charge in [0.2, 0.25) is 5.91 Å². The quantitative estimate of drug-likeness (QED) is 0.781. The van der Waals surface area contributed by atoms with E-state index in [1.807, 2.05) is 11.8 Å². The lowest BCUT2D eigenvalue weighted by Crippen LogP contribution is -2.56. The van der Waals surface area contributed by atoms with Gasteiger partial charge >= 0.3 is 0 Å². The normalized spacial score (nSPS) is 34.0. The molecule has 2 rings (SSSR count). The summed E-state index contributed by atoms with van der Waals surface area (Å²) in [4.78, 5) is 16.9. The van der Waals surface area contributed by atoms with Crippen LogP contribution in [0.15, 0.2) is 0 Å². The highest BCUT2D eigenvalue weighted by atomic mass is 16.3. The maximum absolute atomic E-state index is 12.6. The molecule has 2 unspecified atom stereocenters. The van der Waals surface area contributed by atoms with Crippen LogP contribution in [0.5, 0.6) is 0 Å². The molecule has 2 heterocycles. The number of carbonyl (C=O) groups is 1. The lowest BCUT2D eigenvalue weighted by Gasteiger charge is -2.42. The summed E-state index contributed by atoms with van der Waals surface area (Å²) in [6, 6.07) is 0.785. The fourth-order valence-corrected chi connectivity index (χ4v) is 3.42. The number of piperazine rings is 1. The Hall–Kier alpha value is -0.650. The summed E-state index contributed by atoms with van der Waals surface area (Å²) in [5, 5.41) is 12.9. The number of amides is 1. The Morgan fingerprint density at radius 1 is 1.40 bits per heavy atom. The summed E-state index contributed by atoms with van der Waals surface area (Å²) < 4.78 is 0. The van der Waals surface area contributed by atoms with E-state index in [9.17, 15) is 9.90 Å². The van der Waals surface area contributed by atoms with Crippen LogP contribution in [0.3, 0.4) is 0 Å². The SMILES string of the molecule is CC(O)CN1CCN(C(=O)[C@H]2CCN[C@@H](C)C2)CC1C. The van der Waals surface area contributed by atoms with Crippen LogP contribution in [0.25, 0.3) is 0 Å². The molecule has 0 saturated carbocycles. The van der Waals surface area contributed by atoms with E-state index in [-0.39, 0.29) is 12.0 Å². The van der Waals surface area contributed by atoms with E-state index < -0.39 is 0 Å². The molecule has 1 amide bonds. The van der Waals surface area contributed by atoms with Gasteiger partial charge in [-0.05, 0) is 40.2 Å².